The number of phenolic OH excluding ortho intramolecular Hbond substituents is 1. The van der Waals surface area contributed by atoms with Gasteiger partial charge in [0.2, 0.25) is 17.7 Å². The van der Waals surface area contributed by atoms with Gasteiger partial charge in [-0.3, -0.25) is 24.1 Å². The zero-order valence-corrected chi connectivity index (χ0v) is 28.9. The van der Waals surface area contributed by atoms with Gasteiger partial charge in [0, 0.05) is 44.7 Å². The summed E-state index contributed by atoms with van der Waals surface area (Å²) in [7, 11) is 0. The largest absolute Gasteiger partial charge is 0.508 e. The van der Waals surface area contributed by atoms with Crippen LogP contribution in [0, 0.1) is 0 Å². The zero-order chi connectivity index (χ0) is 35.2. The lowest BCUT2D eigenvalue weighted by atomic mass is 9.94. The molecule has 1 aliphatic rings. The van der Waals surface area contributed by atoms with E-state index in [1.165, 1.54) is 19.1 Å². The number of piperazine rings is 1. The van der Waals surface area contributed by atoms with Crippen LogP contribution in [0.2, 0.25) is 0 Å². The molecule has 1 aliphatic heterocycles. The lowest BCUT2D eigenvalue weighted by Gasteiger charge is -2.25. The number of ketones is 1. The number of rotatable bonds is 16. The molecule has 3 aromatic rings. The van der Waals surface area contributed by atoms with E-state index >= 15 is 0 Å². The highest BCUT2D eigenvalue weighted by Crippen LogP contribution is 2.16. The number of amides is 3. The van der Waals surface area contributed by atoms with E-state index in [1.807, 2.05) is 54.6 Å². The first-order chi connectivity index (χ1) is 23.6. The average molecular weight is 707 g/mol. The van der Waals surface area contributed by atoms with E-state index in [4.69, 9.17) is 5.73 Å². The van der Waals surface area contributed by atoms with Gasteiger partial charge in [0.1, 0.15) is 11.8 Å². The first-order valence-electron chi connectivity index (χ1n) is 16.5. The van der Waals surface area contributed by atoms with E-state index in [1.54, 1.807) is 24.3 Å². The molecule has 50 heavy (non-hydrogen) atoms. The average Bonchev–Trinajstić information content (AvgIpc) is 3.10. The van der Waals surface area contributed by atoms with Crippen LogP contribution in [-0.2, 0) is 27.2 Å². The summed E-state index contributed by atoms with van der Waals surface area (Å²) >= 11 is 0. The van der Waals surface area contributed by atoms with Crippen molar-refractivity contribution in [1.82, 2.24) is 26.2 Å². The summed E-state index contributed by atoms with van der Waals surface area (Å²) in [5.74, 6) is -2.28. The normalized spacial score (nSPS) is 15.6. The maximum absolute atomic E-state index is 14.0. The number of aromatic hydroxyl groups is 1. The van der Waals surface area contributed by atoms with Gasteiger partial charge in [-0.2, -0.15) is 0 Å². The van der Waals surface area contributed by atoms with Gasteiger partial charge in [-0.1, -0.05) is 78.9 Å². The van der Waals surface area contributed by atoms with Crippen LogP contribution in [0.4, 0.5) is 0 Å². The maximum atomic E-state index is 14.0. The van der Waals surface area contributed by atoms with Crippen molar-refractivity contribution in [3.63, 3.8) is 0 Å². The van der Waals surface area contributed by atoms with Crippen molar-refractivity contribution < 1.29 is 29.4 Å². The van der Waals surface area contributed by atoms with Crippen molar-refractivity contribution in [2.75, 3.05) is 39.3 Å². The minimum atomic E-state index is -1.38. The van der Waals surface area contributed by atoms with E-state index in [-0.39, 0.29) is 36.8 Å². The minimum Gasteiger partial charge on any atom is -0.508 e. The van der Waals surface area contributed by atoms with E-state index in [2.05, 4.69) is 26.2 Å². The van der Waals surface area contributed by atoms with Crippen molar-refractivity contribution in [1.29, 1.82) is 0 Å². The lowest BCUT2D eigenvalue weighted by molar-refractivity contribution is -0.133. The second-order valence-corrected chi connectivity index (χ2v) is 12.1. The number of carbonyl (C=O) groups is 4. The molecule has 0 saturated carbocycles. The minimum absolute atomic E-state index is 0. The molecule has 0 aromatic heterocycles. The molecule has 0 aliphatic carbocycles. The molecular weight excluding hydrogens is 660 g/mol. The number of nitrogens with one attached hydrogen (secondary N) is 4. The summed E-state index contributed by atoms with van der Waals surface area (Å²) in [4.78, 5) is 55.3. The van der Waals surface area contributed by atoms with Crippen molar-refractivity contribution >= 4 is 42.0 Å². The van der Waals surface area contributed by atoms with Crippen molar-refractivity contribution in [3.05, 3.63) is 107 Å². The third kappa shape index (κ3) is 12.4. The molecular formula is C37H47ClN6O6. The number of benzene rings is 3. The number of aliphatic hydroxyl groups is 1. The predicted molar refractivity (Wildman–Crippen MR) is 195 cm³/mol. The molecule has 3 unspecified atom stereocenters. The number of nitrogens with zero attached hydrogens (tertiary/aromatic N) is 1. The van der Waals surface area contributed by atoms with Gasteiger partial charge < -0.3 is 37.2 Å². The van der Waals surface area contributed by atoms with Crippen LogP contribution < -0.4 is 27.0 Å². The van der Waals surface area contributed by atoms with Crippen LogP contribution in [0.1, 0.15) is 34.0 Å². The molecule has 8 N–H and O–H groups in total. The molecule has 3 aromatic carbocycles. The van der Waals surface area contributed by atoms with Crippen molar-refractivity contribution in [2.24, 2.45) is 5.73 Å². The molecule has 268 valence electrons. The summed E-state index contributed by atoms with van der Waals surface area (Å²) in [5, 5.41) is 30.8. The lowest BCUT2D eigenvalue weighted by Crippen LogP contribution is -2.57. The number of carbonyl (C=O) groups excluding carboxylic acids is 4. The monoisotopic (exact) mass is 706 g/mol. The number of hydrogen-bond acceptors (Lipinski definition) is 9. The van der Waals surface area contributed by atoms with Gasteiger partial charge in [-0.25, -0.2) is 0 Å². The van der Waals surface area contributed by atoms with Crippen LogP contribution in [-0.4, -0.2) is 102 Å². The molecule has 0 bridgehead atoms. The molecule has 1 fully saturated rings. The number of hydrogen-bond donors (Lipinski definition) is 7. The van der Waals surface area contributed by atoms with Gasteiger partial charge in [0.25, 0.3) is 0 Å². The van der Waals surface area contributed by atoms with Crippen LogP contribution in [0.15, 0.2) is 84.9 Å². The summed E-state index contributed by atoms with van der Waals surface area (Å²) in [6.45, 7) is 5.37. The fourth-order valence-electron chi connectivity index (χ4n) is 5.50. The summed E-state index contributed by atoms with van der Waals surface area (Å²) in [6, 6.07) is 19.4. The number of nitrogens with two attached hydrogens (primary N) is 1. The van der Waals surface area contributed by atoms with Crippen molar-refractivity contribution in [2.45, 2.75) is 44.0 Å². The summed E-state index contributed by atoms with van der Waals surface area (Å²) in [6.07, 6.45) is 3.03. The number of Topliss-reactive ketones (excluding diaryl/α,β-unsaturated/α-hetero) is 1. The Hall–Kier alpha value is -4.59. The second-order valence-electron chi connectivity index (χ2n) is 12.1. The molecule has 4 rings (SSSR count). The molecule has 1 saturated heterocycles. The van der Waals surface area contributed by atoms with E-state index < -0.39 is 48.5 Å². The Morgan fingerprint density at radius 3 is 2.20 bits per heavy atom. The van der Waals surface area contributed by atoms with Crippen molar-refractivity contribution in [3.8, 4) is 5.75 Å². The quantitative estimate of drug-likeness (QED) is 0.108. The second kappa shape index (κ2) is 20.2. The topological polar surface area (TPSA) is 186 Å². The fourth-order valence-corrected chi connectivity index (χ4v) is 5.50. The smallest absolute Gasteiger partial charge is 0.245 e. The zero-order valence-electron chi connectivity index (χ0n) is 28.1. The number of phenols is 1. The Kier molecular flexibility index (Phi) is 16.1. The van der Waals surface area contributed by atoms with Gasteiger partial charge in [-0.05, 0) is 42.2 Å². The van der Waals surface area contributed by atoms with Crippen LogP contribution in [0.3, 0.4) is 0 Å². The molecule has 4 atom stereocenters. The third-order valence-corrected chi connectivity index (χ3v) is 8.25. The standard InChI is InChI=1S/C37H46N6O6.ClH/c1-25(44)34(42-36(48)31(38)22-27-13-15-29(45)16-14-27)37(49)40-24-33(46)41-32(23-26-8-3-2-4-9-26)35(47)30-12-6-5-10-28(30)11-7-19-43-20-17-39-18-21-43;/h2-16,25,31-32,34,39,44-45H,17-24,38H2,1H3,(H,40,49)(H,41,46)(H,42,48);1H/b11-7+;/t25?,31?,32?,34-;/m1./s1. The highest BCUT2D eigenvalue weighted by molar-refractivity contribution is 6.05. The molecule has 1 heterocycles. The Morgan fingerprint density at radius 2 is 1.52 bits per heavy atom. The SMILES string of the molecule is CC(O)[C@@H](NC(=O)C(N)Cc1ccc(O)cc1)C(=O)NCC(=O)NC(Cc1ccccc1)C(=O)c1ccccc1/C=C/CN1CCNCC1.Cl. The highest BCUT2D eigenvalue weighted by Gasteiger charge is 2.29. The molecule has 12 nitrogen and oxygen atoms in total. The maximum Gasteiger partial charge on any atom is 0.245 e. The first-order valence-corrected chi connectivity index (χ1v) is 16.5. The van der Waals surface area contributed by atoms with Gasteiger partial charge in [0.05, 0.1) is 24.7 Å². The van der Waals surface area contributed by atoms with Gasteiger partial charge >= 0.3 is 0 Å². The van der Waals surface area contributed by atoms with Gasteiger partial charge in [0.15, 0.2) is 5.78 Å². The Labute approximate surface area is 298 Å². The highest BCUT2D eigenvalue weighted by atomic mass is 35.5. The fraction of sp³-hybridized carbons (Fsp3) is 0.351. The first kappa shape index (κ1) is 39.8. The Morgan fingerprint density at radius 1 is 0.880 bits per heavy atom. The van der Waals surface area contributed by atoms with Gasteiger partial charge in [-0.15, -0.1) is 12.4 Å². The Balaban J connectivity index is 0.00000676. The number of halogens is 1. The van der Waals surface area contributed by atoms with Crippen LogP contribution >= 0.6 is 12.4 Å². The van der Waals surface area contributed by atoms with Crippen LogP contribution in [0.25, 0.3) is 6.08 Å². The van der Waals surface area contributed by atoms with E-state index in [0.29, 0.717) is 11.1 Å². The summed E-state index contributed by atoms with van der Waals surface area (Å²) < 4.78 is 0. The van der Waals surface area contributed by atoms with E-state index in [0.717, 1.165) is 43.9 Å². The summed E-state index contributed by atoms with van der Waals surface area (Å²) in [5.41, 5.74) is 8.78. The predicted octanol–water partition coefficient (Wildman–Crippen LogP) is 1.19. The molecule has 0 spiro atoms. The number of aliphatic hydroxyl groups excluding tert-OH is 1. The Bertz CT molecular complexity index is 1580. The van der Waals surface area contributed by atoms with E-state index in [9.17, 15) is 29.4 Å². The van der Waals surface area contributed by atoms with Crippen LogP contribution in [0.5, 0.6) is 5.75 Å². The molecule has 0 radical (unpaired) electrons. The molecule has 13 heteroatoms. The molecule has 3 amide bonds. The third-order valence-electron chi connectivity index (χ3n) is 8.25.